The number of aromatic nitrogens is 2. The van der Waals surface area contributed by atoms with Crippen LogP contribution < -0.4 is 9.64 Å². The van der Waals surface area contributed by atoms with Gasteiger partial charge in [0.15, 0.2) is 0 Å². The van der Waals surface area contributed by atoms with E-state index in [0.29, 0.717) is 17.4 Å². The van der Waals surface area contributed by atoms with Crippen molar-refractivity contribution in [1.29, 1.82) is 0 Å². The molecule has 4 aromatic carbocycles. The number of anilines is 3. The van der Waals surface area contributed by atoms with Gasteiger partial charge in [-0.05, 0) is 90.1 Å². The topological polar surface area (TPSA) is 59.8 Å². The molecule has 0 N–H and O–H groups in total. The van der Waals surface area contributed by atoms with Crippen molar-refractivity contribution in [3.8, 4) is 22.8 Å². The zero-order valence-corrected chi connectivity index (χ0v) is 38.2. The van der Waals surface area contributed by atoms with Crippen molar-refractivity contribution in [2.45, 2.75) is 110 Å². The molecule has 302 valence electrons. The fourth-order valence-electron chi connectivity index (χ4n) is 9.94. The largest absolute Gasteiger partial charge is 2.00 e. The predicted molar refractivity (Wildman–Crippen MR) is 234 cm³/mol. The van der Waals surface area contributed by atoms with E-state index in [1.807, 2.05) is 48.8 Å². The van der Waals surface area contributed by atoms with Gasteiger partial charge in [-0.15, -0.1) is 24.3 Å². The van der Waals surface area contributed by atoms with Gasteiger partial charge in [-0.1, -0.05) is 126 Å². The second-order valence-corrected chi connectivity index (χ2v) is 19.1. The Kier molecular flexibility index (Phi) is 9.86. The third kappa shape index (κ3) is 7.01. The van der Waals surface area contributed by atoms with Crippen LogP contribution in [0.4, 0.5) is 17.2 Å². The summed E-state index contributed by atoms with van der Waals surface area (Å²) in [6, 6.07) is 37.0. The van der Waals surface area contributed by atoms with Crippen LogP contribution in [0.15, 0.2) is 102 Å². The normalized spacial score (nSPS) is 19.6. The maximum atomic E-state index is 6.93. The molecule has 1 aliphatic carbocycles. The Bertz CT molecular complexity index is 2660. The summed E-state index contributed by atoms with van der Waals surface area (Å²) in [7, 11) is 0. The number of hydrogen-bond donors (Lipinski definition) is 0. The van der Waals surface area contributed by atoms with Crippen LogP contribution in [0.2, 0.25) is 0 Å². The Labute approximate surface area is 364 Å². The van der Waals surface area contributed by atoms with Crippen molar-refractivity contribution < 1.29 is 30.5 Å². The van der Waals surface area contributed by atoms with E-state index in [4.69, 9.17) is 24.4 Å². The molecule has 9 rings (SSSR count). The van der Waals surface area contributed by atoms with Crippen LogP contribution in [0.5, 0.6) is 11.5 Å². The van der Waals surface area contributed by atoms with E-state index in [2.05, 4.69) is 142 Å². The molecule has 0 fully saturated rings. The molecular formula is C52H52N4O2Pt. The molecule has 2 aromatic heterocycles. The maximum absolute atomic E-state index is 6.93. The SMILES string of the molecule is Cc1cc(Oc2[c-]c(C3=N[C@]4(C)CC(C)(C)c5c(C)cc(C)cc5[C@@H]4O3)cc(-c3ccccn3)c2)[c-]c(N2c3ccc(C(C)(C)C)cc3C(C)(C)c3cccnc32)c1.[Pt+2]. The van der Waals surface area contributed by atoms with Crippen molar-refractivity contribution in [3.63, 3.8) is 0 Å². The molecule has 3 aliphatic rings. The number of aliphatic imine (C=N–C) groups is 1. The first kappa shape index (κ1) is 40.7. The van der Waals surface area contributed by atoms with Gasteiger partial charge in [0.2, 0.25) is 0 Å². The fourth-order valence-corrected chi connectivity index (χ4v) is 9.94. The molecule has 6 aromatic rings. The van der Waals surface area contributed by atoms with Gasteiger partial charge in [-0.2, -0.15) is 5.56 Å². The van der Waals surface area contributed by atoms with Gasteiger partial charge in [-0.3, -0.25) is 9.98 Å². The van der Waals surface area contributed by atoms with Crippen LogP contribution in [-0.4, -0.2) is 21.4 Å². The number of nitrogens with zero attached hydrogens (tertiary/aromatic N) is 4. The number of hydrogen-bond acceptors (Lipinski definition) is 6. The first-order valence-electron chi connectivity index (χ1n) is 20.4. The minimum Gasteiger partial charge on any atom is -0.510 e. The van der Waals surface area contributed by atoms with Crippen LogP contribution in [-0.2, 0) is 42.0 Å². The van der Waals surface area contributed by atoms with E-state index >= 15 is 0 Å². The van der Waals surface area contributed by atoms with Gasteiger partial charge >= 0.3 is 21.1 Å². The van der Waals surface area contributed by atoms with Gasteiger partial charge in [0.1, 0.15) is 17.8 Å². The van der Waals surface area contributed by atoms with Gasteiger partial charge in [0.05, 0.1) is 11.2 Å². The number of aryl methyl sites for hydroxylation is 3. The molecule has 2 aliphatic heterocycles. The first-order chi connectivity index (χ1) is 27.4. The van der Waals surface area contributed by atoms with E-state index in [9.17, 15) is 0 Å². The van der Waals surface area contributed by atoms with Crippen LogP contribution in [0.3, 0.4) is 0 Å². The van der Waals surface area contributed by atoms with Crippen LogP contribution in [0.1, 0.15) is 118 Å². The molecule has 7 heteroatoms. The maximum Gasteiger partial charge on any atom is 2.00 e. The average molecular weight is 960 g/mol. The molecule has 0 radical (unpaired) electrons. The monoisotopic (exact) mass is 959 g/mol. The third-order valence-electron chi connectivity index (χ3n) is 12.3. The Morgan fingerprint density at radius 1 is 0.780 bits per heavy atom. The molecule has 59 heavy (non-hydrogen) atoms. The molecule has 0 saturated heterocycles. The molecule has 0 bridgehead atoms. The number of rotatable bonds is 5. The van der Waals surface area contributed by atoms with Crippen molar-refractivity contribution in [1.82, 2.24) is 9.97 Å². The summed E-state index contributed by atoms with van der Waals surface area (Å²) >= 11 is 0. The summed E-state index contributed by atoms with van der Waals surface area (Å²) in [6.45, 7) is 24.7. The smallest absolute Gasteiger partial charge is 0.510 e. The van der Waals surface area contributed by atoms with E-state index in [-0.39, 0.29) is 43.4 Å². The fraction of sp³-hybridized carbons (Fsp3) is 0.327. The Balaban J connectivity index is 0.00000484. The van der Waals surface area contributed by atoms with E-state index < -0.39 is 5.54 Å². The van der Waals surface area contributed by atoms with Crippen LogP contribution in [0.25, 0.3) is 11.3 Å². The zero-order valence-electron chi connectivity index (χ0n) is 35.9. The molecule has 4 heterocycles. The molecule has 6 nitrogen and oxygen atoms in total. The number of fused-ring (bicyclic) bond motifs is 5. The molecule has 2 atom stereocenters. The molecule has 0 amide bonds. The van der Waals surface area contributed by atoms with Crippen molar-refractivity contribution in [3.05, 3.63) is 160 Å². The number of ether oxygens (including phenoxy) is 2. The average Bonchev–Trinajstić information content (AvgIpc) is 3.50. The first-order valence-corrected chi connectivity index (χ1v) is 20.4. The Morgan fingerprint density at radius 2 is 1.53 bits per heavy atom. The second-order valence-electron chi connectivity index (χ2n) is 19.1. The summed E-state index contributed by atoms with van der Waals surface area (Å²) in [4.78, 5) is 17.3. The quantitative estimate of drug-likeness (QED) is 0.161. The van der Waals surface area contributed by atoms with Crippen LogP contribution >= 0.6 is 0 Å². The standard InChI is InChI=1S/C52H52N4O2.Pt/c1-31-21-33(3)45-40(24-31)46-52(11,30-50(45,7)8)55-48(58-46)35-25-34(43-16-12-13-19-53-43)26-39(27-35)57-38-23-32(2)22-37(29-38)56-44-18-17-36(49(4,5)6)28-42(44)51(9,10)41-15-14-20-54-47(41)56;/h12-26,28,46H,30H2,1-11H3;/q-2;+2/t46-,52+;/m0./s1. The number of benzene rings is 4. The zero-order chi connectivity index (χ0) is 40.9. The minimum absolute atomic E-state index is 0. The minimum atomic E-state index is -0.446. The second kappa shape index (κ2) is 14.3. The summed E-state index contributed by atoms with van der Waals surface area (Å²) in [5.41, 5.74) is 13.5. The van der Waals surface area contributed by atoms with Crippen molar-refractivity contribution in [2.24, 2.45) is 4.99 Å². The van der Waals surface area contributed by atoms with E-state index in [1.54, 1.807) is 0 Å². The molecule has 0 unspecified atom stereocenters. The van der Waals surface area contributed by atoms with E-state index in [0.717, 1.165) is 51.6 Å². The molecule has 0 spiro atoms. The van der Waals surface area contributed by atoms with Gasteiger partial charge < -0.3 is 14.4 Å². The summed E-state index contributed by atoms with van der Waals surface area (Å²) in [5.74, 6) is 2.56. The van der Waals surface area contributed by atoms with E-state index in [1.165, 1.54) is 33.4 Å². The van der Waals surface area contributed by atoms with Crippen LogP contribution in [0, 0.1) is 32.9 Å². The number of pyridine rings is 2. The molecule has 0 saturated carbocycles. The summed E-state index contributed by atoms with van der Waals surface area (Å²) in [5, 5.41) is 0. The van der Waals surface area contributed by atoms with Gasteiger partial charge in [-0.25, -0.2) is 4.98 Å². The van der Waals surface area contributed by atoms with Gasteiger partial charge in [0, 0.05) is 40.6 Å². The van der Waals surface area contributed by atoms with Crippen molar-refractivity contribution >= 4 is 23.1 Å². The summed E-state index contributed by atoms with van der Waals surface area (Å²) < 4.78 is 13.7. The van der Waals surface area contributed by atoms with Gasteiger partial charge in [0.25, 0.3) is 0 Å². The Morgan fingerprint density at radius 3 is 2.27 bits per heavy atom. The Hall–Kier alpha value is -5.06. The predicted octanol–water partition coefficient (Wildman–Crippen LogP) is 12.8. The summed E-state index contributed by atoms with van der Waals surface area (Å²) in [6.07, 6.45) is 4.34. The van der Waals surface area contributed by atoms with Crippen molar-refractivity contribution in [2.75, 3.05) is 4.90 Å². The molecular weight excluding hydrogens is 908 g/mol. The third-order valence-corrected chi connectivity index (χ3v) is 12.3.